The Balaban J connectivity index is 0.000000471. The van der Waals surface area contributed by atoms with Gasteiger partial charge < -0.3 is 19.3 Å². The summed E-state index contributed by atoms with van der Waals surface area (Å²) in [6.45, 7) is 4.38. The van der Waals surface area contributed by atoms with Crippen LogP contribution >= 0.6 is 11.6 Å². The molecule has 0 saturated heterocycles. The molecule has 464 valence electrons. The maximum atomic E-state index is 12.7. The number of halogens is 1. The number of ketones is 2. The van der Waals surface area contributed by atoms with Crippen LogP contribution in [-0.4, -0.2) is 76.5 Å². The maximum Gasteiger partial charge on any atom is 0.413 e. The number of nitrogens with zero attached hydrogens (tertiary/aromatic N) is 2. The van der Waals surface area contributed by atoms with E-state index in [0.29, 0.717) is 12.8 Å². The number of carboxylic acids is 1. The molecule has 2 atom stereocenters. The number of unbranched alkanes of at least 4 members (excludes halogenated alkanes) is 28. The third-order valence-electron chi connectivity index (χ3n) is 15.9. The van der Waals surface area contributed by atoms with Crippen molar-refractivity contribution < 1.29 is 48.1 Å². The number of hydrogen-bond donors (Lipinski definition) is 1. The summed E-state index contributed by atoms with van der Waals surface area (Å²) in [6.07, 6.45) is 53.8. The molecule has 12 nitrogen and oxygen atoms in total. The van der Waals surface area contributed by atoms with Crippen molar-refractivity contribution in [3.8, 4) is 24.7 Å². The molecule has 0 heterocycles. The molecule has 2 aromatic rings. The van der Waals surface area contributed by atoms with Crippen molar-refractivity contribution in [1.82, 2.24) is 9.80 Å². The number of fused-ring (bicyclic) bond motifs is 2. The fourth-order valence-electron chi connectivity index (χ4n) is 11.1. The average Bonchev–Trinajstić information content (AvgIpc) is 4.37. The number of esters is 1. The van der Waals surface area contributed by atoms with Gasteiger partial charge in [0.25, 0.3) is 0 Å². The number of benzene rings is 2. The smallest absolute Gasteiger partial charge is 0.413 e. The summed E-state index contributed by atoms with van der Waals surface area (Å²) in [7, 11) is 0. The summed E-state index contributed by atoms with van der Waals surface area (Å²) in [5, 5.41) is 8.51. The minimum Gasteiger partial charge on any atom is -0.481 e. The number of Topliss-reactive ketones (excluding diaryl/α,β-unsaturated/α-hetero) is 2. The zero-order chi connectivity index (χ0) is 60.4. The standard InChI is InChI=1S/C35H53NO5.C21H40O3.C14H14ClNO2/c1-3-5-6-7-8-9-10-11-12-13-14-15-16-17-18-22-31(37)25-27-34(38)40-29-41-35(39)36(28-4-2)33-26-24-30-21-19-20-23-32(30)33;1-2-3-4-5-6-7-8-9-10-11-12-13-14-15-16-17-20(22)18-19-21(23)24;1-2-9-16(14(17)18-10-15)13-8-7-11-5-3-4-6-12(11)13/h2,19-21,23,33H,3,5-18,22,24-29H2,1H3;2-19H2,1H3,(H,23,24);1,3-6,13H,7-10H2/t33-;;13-/m1.1/s1. The van der Waals surface area contributed by atoms with Gasteiger partial charge in [-0.2, -0.15) is 0 Å². The third kappa shape index (κ3) is 35.5. The van der Waals surface area contributed by atoms with Gasteiger partial charge in [-0.05, 0) is 60.8 Å². The first-order valence-electron chi connectivity index (χ1n) is 32.4. The number of rotatable bonds is 45. The van der Waals surface area contributed by atoms with Crippen molar-refractivity contribution in [3.05, 3.63) is 70.8 Å². The predicted octanol–water partition coefficient (Wildman–Crippen LogP) is 18.5. The highest BCUT2D eigenvalue weighted by molar-refractivity contribution is 6.17. The maximum absolute atomic E-state index is 12.7. The highest BCUT2D eigenvalue weighted by Gasteiger charge is 2.32. The molecular formula is C70H107ClN2O10. The number of aryl methyl sites for hydroxylation is 2. The van der Waals surface area contributed by atoms with Gasteiger partial charge in [-0.1, -0.05) is 266 Å². The van der Waals surface area contributed by atoms with Crippen LogP contribution < -0.4 is 0 Å². The lowest BCUT2D eigenvalue weighted by Crippen LogP contribution is -2.35. The lowest BCUT2D eigenvalue weighted by molar-refractivity contribution is -0.153. The van der Waals surface area contributed by atoms with Crippen LogP contribution in [0, 0.1) is 24.7 Å². The number of carbonyl (C=O) groups is 6. The van der Waals surface area contributed by atoms with E-state index in [1.54, 1.807) is 4.90 Å². The Morgan fingerprint density at radius 2 is 0.807 bits per heavy atom. The Kier molecular flexibility index (Phi) is 44.5. The van der Waals surface area contributed by atoms with E-state index in [0.717, 1.165) is 62.5 Å². The molecule has 2 aliphatic carbocycles. The number of amides is 2. The number of ether oxygens (including phenoxy) is 3. The van der Waals surface area contributed by atoms with Gasteiger partial charge >= 0.3 is 24.1 Å². The average molecular weight is 1170 g/mol. The van der Waals surface area contributed by atoms with Gasteiger partial charge in [-0.3, -0.25) is 29.0 Å². The molecular weight excluding hydrogens is 1060 g/mol. The molecule has 0 saturated carbocycles. The Morgan fingerprint density at radius 3 is 1.16 bits per heavy atom. The second-order valence-corrected chi connectivity index (χ2v) is 22.8. The van der Waals surface area contributed by atoms with Crippen LogP contribution in [0.4, 0.5) is 9.59 Å². The normalized spacial score (nSPS) is 13.6. The van der Waals surface area contributed by atoms with E-state index in [1.165, 1.54) is 183 Å². The molecule has 2 aliphatic rings. The second kappa shape index (κ2) is 50.0. The third-order valence-corrected chi connectivity index (χ3v) is 16.0. The number of carboxylic acid groups (broad SMARTS) is 1. The second-order valence-electron chi connectivity index (χ2n) is 22.6. The Bertz CT molecular complexity index is 2170. The summed E-state index contributed by atoms with van der Waals surface area (Å²) in [5.41, 5.74) is 4.69. The van der Waals surface area contributed by atoms with Gasteiger partial charge in [0.15, 0.2) is 6.07 Å². The van der Waals surface area contributed by atoms with E-state index >= 15 is 0 Å². The Morgan fingerprint density at radius 1 is 0.470 bits per heavy atom. The number of alkyl halides is 1. The van der Waals surface area contributed by atoms with Crippen LogP contribution in [0.25, 0.3) is 0 Å². The first-order valence-corrected chi connectivity index (χ1v) is 32.9. The zero-order valence-corrected chi connectivity index (χ0v) is 52.2. The van der Waals surface area contributed by atoms with Crippen LogP contribution in [0.1, 0.15) is 292 Å². The Hall–Kier alpha value is -5.33. The molecule has 0 bridgehead atoms. The van der Waals surface area contributed by atoms with Gasteiger partial charge in [0.2, 0.25) is 6.79 Å². The van der Waals surface area contributed by atoms with Gasteiger partial charge in [0.05, 0.1) is 38.0 Å². The van der Waals surface area contributed by atoms with Crippen molar-refractivity contribution >= 4 is 47.3 Å². The SMILES string of the molecule is C#CCN(C(=O)OCCl)[C@@H]1CCc2ccccc21.C#CCN(C(=O)OCOC(=O)CCC(=O)CCCCCCCCCCCCCCCCC)[C@@H]1CCc2ccccc21.CCCCCCCCCCCCCCCCCC(=O)CCC(=O)O. The van der Waals surface area contributed by atoms with E-state index < -0.39 is 30.9 Å². The molecule has 0 aromatic heterocycles. The summed E-state index contributed by atoms with van der Waals surface area (Å²) in [5.74, 6) is 3.77. The topological polar surface area (TPSA) is 157 Å². The summed E-state index contributed by atoms with van der Waals surface area (Å²) >= 11 is 5.43. The minimum atomic E-state index is -0.875. The predicted molar refractivity (Wildman–Crippen MR) is 336 cm³/mol. The molecule has 0 fully saturated rings. The molecule has 2 amide bonds. The lowest BCUT2D eigenvalue weighted by atomic mass is 10.0. The zero-order valence-electron chi connectivity index (χ0n) is 51.4. The molecule has 0 aliphatic heterocycles. The first-order chi connectivity index (χ1) is 40.5. The molecule has 13 heteroatoms. The highest BCUT2D eigenvalue weighted by Crippen LogP contribution is 2.37. The molecule has 1 N–H and O–H groups in total. The molecule has 2 aromatic carbocycles. The van der Waals surface area contributed by atoms with E-state index in [9.17, 15) is 28.8 Å². The van der Waals surface area contributed by atoms with Crippen LogP contribution in [0.5, 0.6) is 0 Å². The molecule has 4 rings (SSSR count). The van der Waals surface area contributed by atoms with Crippen LogP contribution in [0.2, 0.25) is 0 Å². The van der Waals surface area contributed by atoms with E-state index in [4.69, 9.17) is 43.8 Å². The van der Waals surface area contributed by atoms with Crippen molar-refractivity contribution in [2.45, 2.75) is 283 Å². The summed E-state index contributed by atoms with van der Waals surface area (Å²) < 4.78 is 15.1. The van der Waals surface area contributed by atoms with Crippen molar-refractivity contribution in [1.29, 1.82) is 0 Å². The monoisotopic (exact) mass is 1170 g/mol. The van der Waals surface area contributed by atoms with Gasteiger partial charge in [0, 0.05) is 25.7 Å². The van der Waals surface area contributed by atoms with Crippen molar-refractivity contribution in [2.75, 3.05) is 25.9 Å². The lowest BCUT2D eigenvalue weighted by Gasteiger charge is -2.27. The molecule has 83 heavy (non-hydrogen) atoms. The van der Waals surface area contributed by atoms with E-state index in [2.05, 4.69) is 37.8 Å². The van der Waals surface area contributed by atoms with Crippen molar-refractivity contribution in [3.63, 3.8) is 0 Å². The number of hydrogen-bond acceptors (Lipinski definition) is 9. The van der Waals surface area contributed by atoms with Gasteiger partial charge in [0.1, 0.15) is 11.6 Å². The quantitative estimate of drug-likeness (QED) is 0.0223. The van der Waals surface area contributed by atoms with Crippen LogP contribution in [0.3, 0.4) is 0 Å². The summed E-state index contributed by atoms with van der Waals surface area (Å²) in [4.78, 5) is 73.6. The van der Waals surface area contributed by atoms with Crippen LogP contribution in [-0.2, 0) is 46.2 Å². The highest BCUT2D eigenvalue weighted by atomic mass is 35.5. The minimum absolute atomic E-state index is 0.000800. The summed E-state index contributed by atoms with van der Waals surface area (Å²) in [6, 6.07) is 15.8. The molecule has 0 radical (unpaired) electrons. The number of carbonyl (C=O) groups excluding carboxylic acids is 5. The number of terminal acetylenes is 2. The van der Waals surface area contributed by atoms with E-state index in [1.807, 2.05) is 36.4 Å². The largest absolute Gasteiger partial charge is 0.481 e. The Labute approximate surface area is 507 Å². The molecule has 0 spiro atoms. The fourth-order valence-corrected chi connectivity index (χ4v) is 11.2. The first kappa shape index (κ1) is 73.8. The van der Waals surface area contributed by atoms with Gasteiger partial charge in [-0.15, -0.1) is 12.8 Å². The molecule has 0 unspecified atom stereocenters. The number of aliphatic carboxylic acids is 1. The van der Waals surface area contributed by atoms with Crippen LogP contribution in [0.15, 0.2) is 48.5 Å². The van der Waals surface area contributed by atoms with E-state index in [-0.39, 0.29) is 68.5 Å². The fraction of sp³-hybridized carbons (Fsp3) is 0.686. The van der Waals surface area contributed by atoms with Gasteiger partial charge in [-0.25, -0.2) is 9.59 Å². The van der Waals surface area contributed by atoms with Crippen molar-refractivity contribution in [2.24, 2.45) is 0 Å².